The summed E-state index contributed by atoms with van der Waals surface area (Å²) in [5, 5.41) is 14.0. The third-order valence-corrected chi connectivity index (χ3v) is 2.25. The van der Waals surface area contributed by atoms with Crippen LogP contribution in [0.5, 0.6) is 0 Å². The van der Waals surface area contributed by atoms with Crippen molar-refractivity contribution in [3.8, 4) is 11.3 Å². The van der Waals surface area contributed by atoms with Crippen LogP contribution >= 0.6 is 0 Å². The van der Waals surface area contributed by atoms with Crippen molar-refractivity contribution in [3.05, 3.63) is 46.6 Å². The third-order valence-electron chi connectivity index (χ3n) is 2.25. The third kappa shape index (κ3) is 1.28. The lowest BCUT2D eigenvalue weighted by Crippen LogP contribution is -2.10. The summed E-state index contributed by atoms with van der Waals surface area (Å²) in [5.41, 5.74) is 1.39. The first-order chi connectivity index (χ1) is 7.84. The van der Waals surface area contributed by atoms with Crippen LogP contribution in [0.25, 0.3) is 16.9 Å². The number of hydrogen-bond acceptors (Lipinski definition) is 4. The van der Waals surface area contributed by atoms with E-state index in [1.807, 2.05) is 30.3 Å². The van der Waals surface area contributed by atoms with E-state index >= 15 is 0 Å². The predicted octanol–water partition coefficient (Wildman–Crippen LogP) is 0.480. The average Bonchev–Trinajstić information content (AvgIpc) is 2.76. The highest BCUT2D eigenvalue weighted by molar-refractivity contribution is 5.59. The fourth-order valence-corrected chi connectivity index (χ4v) is 1.50. The number of nitrogens with one attached hydrogen (secondary N) is 1. The summed E-state index contributed by atoms with van der Waals surface area (Å²) >= 11 is 0. The number of hydrogen-bond donors (Lipinski definition) is 1. The van der Waals surface area contributed by atoms with Crippen LogP contribution in [0.2, 0.25) is 0 Å². The number of tetrazole rings is 1. The fourth-order valence-electron chi connectivity index (χ4n) is 1.50. The van der Waals surface area contributed by atoms with Crippen molar-refractivity contribution in [2.45, 2.75) is 0 Å². The van der Waals surface area contributed by atoms with Crippen molar-refractivity contribution < 1.29 is 0 Å². The minimum absolute atomic E-state index is 0.167. The van der Waals surface area contributed by atoms with Gasteiger partial charge in [-0.3, -0.25) is 4.79 Å². The van der Waals surface area contributed by atoms with Gasteiger partial charge in [-0.2, -0.15) is 5.21 Å². The first-order valence-corrected chi connectivity index (χ1v) is 4.71. The Morgan fingerprint density at radius 3 is 2.81 bits per heavy atom. The number of nitrogens with zero attached hydrogens (tertiary/aromatic N) is 4. The number of H-pyrrole nitrogens is 1. The highest BCUT2D eigenvalue weighted by Crippen LogP contribution is 2.11. The van der Waals surface area contributed by atoms with Gasteiger partial charge in [0.1, 0.15) is 5.69 Å². The molecule has 0 aliphatic carbocycles. The Bertz CT molecular complexity index is 685. The SMILES string of the molecule is O=c1cc2nn[nH]n2nc1-c1ccccc1. The standard InChI is InChI=1S/C10H7N5O/c16-8-6-9-11-13-14-15(9)12-10(8)7-4-2-1-3-5-7/h1-6H,(H,11,14). The van der Waals surface area contributed by atoms with Crippen molar-refractivity contribution >= 4 is 5.65 Å². The Morgan fingerprint density at radius 2 is 2.00 bits per heavy atom. The fraction of sp³-hybridized carbons (Fsp3) is 0. The molecule has 78 valence electrons. The second-order valence-electron chi connectivity index (χ2n) is 3.29. The molecule has 2 aromatic heterocycles. The summed E-state index contributed by atoms with van der Waals surface area (Å²) < 4.78 is 1.36. The lowest BCUT2D eigenvalue weighted by atomic mass is 10.1. The van der Waals surface area contributed by atoms with E-state index in [0.717, 1.165) is 5.56 Å². The largest absolute Gasteiger partial charge is 0.287 e. The quantitative estimate of drug-likeness (QED) is 0.637. The molecule has 1 aromatic carbocycles. The number of benzene rings is 1. The Morgan fingerprint density at radius 1 is 1.19 bits per heavy atom. The number of rotatable bonds is 1. The Balaban J connectivity index is 2.31. The molecule has 0 saturated heterocycles. The van der Waals surface area contributed by atoms with Crippen LogP contribution in [0.4, 0.5) is 0 Å². The molecular formula is C10H7N5O. The lowest BCUT2D eigenvalue weighted by Gasteiger charge is -1.98. The molecule has 6 nitrogen and oxygen atoms in total. The molecule has 0 bridgehead atoms. The molecule has 0 amide bonds. The highest BCUT2D eigenvalue weighted by atomic mass is 16.1. The topological polar surface area (TPSA) is 75.9 Å². The zero-order chi connectivity index (χ0) is 11.0. The molecule has 0 aliphatic heterocycles. The second-order valence-corrected chi connectivity index (χ2v) is 3.29. The maximum Gasteiger partial charge on any atom is 0.210 e. The van der Waals surface area contributed by atoms with E-state index in [-0.39, 0.29) is 5.43 Å². The van der Waals surface area contributed by atoms with E-state index in [9.17, 15) is 4.79 Å². The van der Waals surface area contributed by atoms with Gasteiger partial charge in [0, 0.05) is 11.6 Å². The van der Waals surface area contributed by atoms with Gasteiger partial charge in [0.2, 0.25) is 11.1 Å². The van der Waals surface area contributed by atoms with Gasteiger partial charge in [0.25, 0.3) is 0 Å². The molecule has 3 aromatic rings. The van der Waals surface area contributed by atoms with Gasteiger partial charge in [0.15, 0.2) is 0 Å². The lowest BCUT2D eigenvalue weighted by molar-refractivity contribution is 0.734. The monoisotopic (exact) mass is 213 g/mol. The van der Waals surface area contributed by atoms with Gasteiger partial charge < -0.3 is 0 Å². The van der Waals surface area contributed by atoms with Gasteiger partial charge in [-0.25, -0.2) is 0 Å². The van der Waals surface area contributed by atoms with E-state index in [0.29, 0.717) is 11.3 Å². The highest BCUT2D eigenvalue weighted by Gasteiger charge is 2.07. The molecule has 0 atom stereocenters. The summed E-state index contributed by atoms with van der Waals surface area (Å²) in [6.07, 6.45) is 0. The maximum absolute atomic E-state index is 11.8. The van der Waals surface area contributed by atoms with Crippen molar-refractivity contribution in [2.75, 3.05) is 0 Å². The Kier molecular flexibility index (Phi) is 1.79. The minimum Gasteiger partial charge on any atom is -0.287 e. The smallest absolute Gasteiger partial charge is 0.210 e. The molecule has 0 aliphatic rings. The van der Waals surface area contributed by atoms with E-state index in [4.69, 9.17) is 0 Å². The van der Waals surface area contributed by atoms with E-state index < -0.39 is 0 Å². The van der Waals surface area contributed by atoms with Crippen LogP contribution in [-0.4, -0.2) is 25.3 Å². The predicted molar refractivity (Wildman–Crippen MR) is 56.8 cm³/mol. The normalized spacial score (nSPS) is 10.8. The van der Waals surface area contributed by atoms with E-state index in [1.54, 1.807) is 0 Å². The van der Waals surface area contributed by atoms with Crippen molar-refractivity contribution in [1.29, 1.82) is 0 Å². The summed E-state index contributed by atoms with van der Waals surface area (Å²) in [6.45, 7) is 0. The van der Waals surface area contributed by atoms with Crippen molar-refractivity contribution in [3.63, 3.8) is 0 Å². The maximum atomic E-state index is 11.8. The van der Waals surface area contributed by atoms with Gasteiger partial charge in [-0.05, 0) is 5.21 Å². The first kappa shape index (κ1) is 8.78. The molecule has 16 heavy (non-hydrogen) atoms. The zero-order valence-electron chi connectivity index (χ0n) is 8.16. The molecule has 0 unspecified atom stereocenters. The number of fused-ring (bicyclic) bond motifs is 1. The Labute approximate surface area is 89.5 Å². The zero-order valence-corrected chi connectivity index (χ0v) is 8.16. The van der Waals surface area contributed by atoms with Gasteiger partial charge in [-0.15, -0.1) is 14.8 Å². The molecule has 0 saturated carbocycles. The number of aromatic nitrogens is 5. The van der Waals surface area contributed by atoms with E-state index in [2.05, 4.69) is 20.6 Å². The van der Waals surface area contributed by atoms with Gasteiger partial charge in [-0.1, -0.05) is 30.3 Å². The van der Waals surface area contributed by atoms with Crippen molar-refractivity contribution in [2.24, 2.45) is 0 Å². The minimum atomic E-state index is -0.167. The first-order valence-electron chi connectivity index (χ1n) is 4.71. The Hall–Kier alpha value is -2.50. The molecular weight excluding hydrogens is 206 g/mol. The van der Waals surface area contributed by atoms with Crippen molar-refractivity contribution in [1.82, 2.24) is 25.3 Å². The molecule has 2 heterocycles. The van der Waals surface area contributed by atoms with E-state index in [1.165, 1.54) is 10.7 Å². The second kappa shape index (κ2) is 3.27. The molecule has 0 fully saturated rings. The van der Waals surface area contributed by atoms with Gasteiger partial charge in [0.05, 0.1) is 0 Å². The van der Waals surface area contributed by atoms with Crippen LogP contribution in [-0.2, 0) is 0 Å². The van der Waals surface area contributed by atoms with Crippen LogP contribution in [0.3, 0.4) is 0 Å². The van der Waals surface area contributed by atoms with Crippen LogP contribution < -0.4 is 5.43 Å². The summed E-state index contributed by atoms with van der Waals surface area (Å²) in [5.74, 6) is 0. The molecule has 0 radical (unpaired) electrons. The summed E-state index contributed by atoms with van der Waals surface area (Å²) in [4.78, 5) is 11.8. The van der Waals surface area contributed by atoms with Crippen LogP contribution in [0.1, 0.15) is 0 Å². The molecule has 1 N–H and O–H groups in total. The summed E-state index contributed by atoms with van der Waals surface area (Å²) in [7, 11) is 0. The summed E-state index contributed by atoms with van der Waals surface area (Å²) in [6, 6.07) is 10.7. The van der Waals surface area contributed by atoms with Gasteiger partial charge >= 0.3 is 0 Å². The van der Waals surface area contributed by atoms with Crippen LogP contribution in [0, 0.1) is 0 Å². The molecule has 6 heteroatoms. The average molecular weight is 213 g/mol. The molecule has 0 spiro atoms. The number of aromatic amines is 1. The molecule has 3 rings (SSSR count). The van der Waals surface area contributed by atoms with Crippen LogP contribution in [0.15, 0.2) is 41.2 Å².